The standard InChI is InChI=1S/C18H11N3O3/c22-11-8-10-4-1-2-5-12(10)13(9-11)17(24)21-18-19-14-6-3-7-15(23)16(14)20-18/h1-7,9,23H,8H2. The molecule has 0 unspecified atom stereocenters. The molecule has 0 saturated carbocycles. The van der Waals surface area contributed by atoms with E-state index in [2.05, 4.69) is 15.0 Å². The number of carbonyl (C=O) groups excluding carboxylic acids is 2. The minimum absolute atomic E-state index is 0.0219. The number of benzene rings is 2. The summed E-state index contributed by atoms with van der Waals surface area (Å²) < 4.78 is 0. The number of hydrogen-bond donors (Lipinski definition) is 1. The summed E-state index contributed by atoms with van der Waals surface area (Å²) in [5.74, 6) is -0.775. The van der Waals surface area contributed by atoms with Crippen LogP contribution in [0.25, 0.3) is 5.57 Å². The smallest absolute Gasteiger partial charge is 0.281 e. The Morgan fingerprint density at radius 3 is 2.75 bits per heavy atom. The number of phenols is 1. The maximum absolute atomic E-state index is 12.5. The lowest BCUT2D eigenvalue weighted by Crippen LogP contribution is -2.20. The topological polar surface area (TPSA) is 91.5 Å². The second-order valence-corrected chi connectivity index (χ2v) is 5.44. The molecule has 1 aliphatic heterocycles. The average Bonchev–Trinajstić information content (AvgIpc) is 2.98. The molecule has 1 amide bonds. The van der Waals surface area contributed by atoms with E-state index in [1.807, 2.05) is 12.1 Å². The zero-order chi connectivity index (χ0) is 16.7. The number of para-hydroxylation sites is 1. The van der Waals surface area contributed by atoms with E-state index < -0.39 is 5.91 Å². The summed E-state index contributed by atoms with van der Waals surface area (Å²) in [7, 11) is 0. The van der Waals surface area contributed by atoms with E-state index >= 15 is 0 Å². The highest BCUT2D eigenvalue weighted by Crippen LogP contribution is 2.25. The lowest BCUT2D eigenvalue weighted by atomic mass is 9.90. The Morgan fingerprint density at radius 1 is 1.08 bits per heavy atom. The highest BCUT2D eigenvalue weighted by Gasteiger charge is 2.22. The fourth-order valence-corrected chi connectivity index (χ4v) is 2.75. The number of amides is 1. The lowest BCUT2D eigenvalue weighted by Gasteiger charge is -2.14. The molecule has 116 valence electrons. The Labute approximate surface area is 136 Å². The predicted molar refractivity (Wildman–Crippen MR) is 86.0 cm³/mol. The molecule has 24 heavy (non-hydrogen) atoms. The van der Waals surface area contributed by atoms with Crippen LogP contribution < -0.4 is 10.7 Å². The van der Waals surface area contributed by atoms with E-state index in [-0.39, 0.29) is 34.8 Å². The molecule has 2 aromatic carbocycles. The Bertz CT molecular complexity index is 1080. The number of fused-ring (bicyclic) bond motifs is 2. The van der Waals surface area contributed by atoms with Crippen molar-refractivity contribution in [3.63, 3.8) is 0 Å². The zero-order valence-electron chi connectivity index (χ0n) is 12.4. The molecule has 2 aromatic rings. The number of aromatic hydroxyl groups is 1. The second kappa shape index (κ2) is 5.34. The normalized spacial score (nSPS) is 16.8. The third-order valence-corrected chi connectivity index (χ3v) is 3.84. The van der Waals surface area contributed by atoms with Crippen molar-refractivity contribution in [1.29, 1.82) is 0 Å². The van der Waals surface area contributed by atoms with E-state index in [1.165, 1.54) is 12.1 Å². The van der Waals surface area contributed by atoms with Gasteiger partial charge in [-0.1, -0.05) is 30.3 Å². The second-order valence-electron chi connectivity index (χ2n) is 5.44. The number of carbonyl (C=O) groups is 2. The molecule has 0 bridgehead atoms. The number of guanidine groups is 1. The fourth-order valence-electron chi connectivity index (χ4n) is 2.75. The van der Waals surface area contributed by atoms with Gasteiger partial charge in [0.25, 0.3) is 11.9 Å². The summed E-state index contributed by atoms with van der Waals surface area (Å²) in [6, 6.07) is 12.0. The molecule has 2 aliphatic rings. The molecule has 0 spiro atoms. The van der Waals surface area contributed by atoms with Crippen LogP contribution in [0.5, 0.6) is 5.75 Å². The minimum Gasteiger partial charge on any atom is -0.506 e. The van der Waals surface area contributed by atoms with Gasteiger partial charge in [-0.2, -0.15) is 4.99 Å². The van der Waals surface area contributed by atoms with Crippen LogP contribution in [0.15, 0.2) is 63.5 Å². The van der Waals surface area contributed by atoms with Crippen LogP contribution in [0.2, 0.25) is 0 Å². The van der Waals surface area contributed by atoms with Gasteiger partial charge in [0.1, 0.15) is 11.1 Å². The van der Waals surface area contributed by atoms with Gasteiger partial charge in [0.15, 0.2) is 5.78 Å². The average molecular weight is 317 g/mol. The Balaban J connectivity index is 1.76. The van der Waals surface area contributed by atoms with E-state index in [9.17, 15) is 14.7 Å². The molecule has 0 radical (unpaired) electrons. The summed E-state index contributed by atoms with van der Waals surface area (Å²) in [4.78, 5) is 36.4. The number of allylic oxidation sites excluding steroid dienone is 1. The van der Waals surface area contributed by atoms with Gasteiger partial charge >= 0.3 is 0 Å². The molecular formula is C18H11N3O3. The number of ketones is 1. The van der Waals surface area contributed by atoms with Gasteiger partial charge in [-0.15, -0.1) is 0 Å². The molecule has 1 aliphatic carbocycles. The first-order valence-electron chi connectivity index (χ1n) is 7.33. The third kappa shape index (κ3) is 2.34. The molecule has 1 heterocycles. The van der Waals surface area contributed by atoms with E-state index in [1.54, 1.807) is 24.3 Å². The van der Waals surface area contributed by atoms with E-state index in [0.717, 1.165) is 5.56 Å². The van der Waals surface area contributed by atoms with Gasteiger partial charge in [0.2, 0.25) is 0 Å². The van der Waals surface area contributed by atoms with Crippen molar-refractivity contribution in [1.82, 2.24) is 0 Å². The lowest BCUT2D eigenvalue weighted by molar-refractivity contribution is -0.115. The Hall–Kier alpha value is -3.41. The highest BCUT2D eigenvalue weighted by molar-refractivity contribution is 6.28. The quantitative estimate of drug-likeness (QED) is 0.841. The van der Waals surface area contributed by atoms with Crippen molar-refractivity contribution < 1.29 is 14.7 Å². The van der Waals surface area contributed by atoms with Crippen LogP contribution in [0.3, 0.4) is 0 Å². The van der Waals surface area contributed by atoms with Gasteiger partial charge in [0, 0.05) is 6.42 Å². The van der Waals surface area contributed by atoms with Crippen molar-refractivity contribution in [3.05, 3.63) is 70.4 Å². The van der Waals surface area contributed by atoms with Crippen molar-refractivity contribution >= 4 is 23.2 Å². The number of aliphatic imine (C=N–C) groups is 1. The highest BCUT2D eigenvalue weighted by atomic mass is 16.3. The Kier molecular flexibility index (Phi) is 3.16. The maximum atomic E-state index is 12.5. The molecule has 0 fully saturated rings. The summed E-state index contributed by atoms with van der Waals surface area (Å²) >= 11 is 0. The van der Waals surface area contributed by atoms with Gasteiger partial charge in [-0.3, -0.25) is 9.59 Å². The molecule has 0 saturated heterocycles. The van der Waals surface area contributed by atoms with Gasteiger partial charge in [0.05, 0.1) is 10.9 Å². The first kappa shape index (κ1) is 14.2. The fraction of sp³-hybridized carbons (Fsp3) is 0.0556. The zero-order valence-corrected chi connectivity index (χ0v) is 12.4. The third-order valence-electron chi connectivity index (χ3n) is 3.84. The van der Waals surface area contributed by atoms with Crippen LogP contribution in [0.4, 0.5) is 0 Å². The van der Waals surface area contributed by atoms with Crippen molar-refractivity contribution in [2.75, 3.05) is 0 Å². The van der Waals surface area contributed by atoms with Gasteiger partial charge < -0.3 is 5.11 Å². The molecule has 4 rings (SSSR count). The molecular weight excluding hydrogens is 306 g/mol. The van der Waals surface area contributed by atoms with Crippen molar-refractivity contribution in [2.24, 2.45) is 15.0 Å². The van der Waals surface area contributed by atoms with Crippen LogP contribution >= 0.6 is 0 Å². The monoisotopic (exact) mass is 317 g/mol. The van der Waals surface area contributed by atoms with Crippen LogP contribution in [0.1, 0.15) is 11.1 Å². The first-order valence-corrected chi connectivity index (χ1v) is 7.33. The Morgan fingerprint density at radius 2 is 1.92 bits per heavy atom. The van der Waals surface area contributed by atoms with Gasteiger partial charge in [-0.05, 0) is 29.3 Å². The van der Waals surface area contributed by atoms with Crippen LogP contribution in [-0.2, 0) is 16.0 Å². The van der Waals surface area contributed by atoms with E-state index in [0.29, 0.717) is 10.9 Å². The van der Waals surface area contributed by atoms with Crippen LogP contribution in [-0.4, -0.2) is 22.8 Å². The minimum atomic E-state index is -0.578. The summed E-state index contributed by atoms with van der Waals surface area (Å²) in [6.07, 6.45) is 1.59. The predicted octanol–water partition coefficient (Wildman–Crippen LogP) is 0.736. The van der Waals surface area contributed by atoms with Crippen molar-refractivity contribution in [3.8, 4) is 5.75 Å². The first-order chi connectivity index (χ1) is 11.6. The number of hydrogen-bond acceptors (Lipinski definition) is 3. The molecule has 6 heteroatoms. The molecule has 0 aromatic heterocycles. The summed E-state index contributed by atoms with van der Waals surface area (Å²) in [5.41, 5.74) is 1.74. The maximum Gasteiger partial charge on any atom is 0.281 e. The summed E-state index contributed by atoms with van der Waals surface area (Å²) in [5, 5.41) is 10.5. The molecule has 6 nitrogen and oxygen atoms in total. The summed E-state index contributed by atoms with van der Waals surface area (Å²) in [6.45, 7) is 0. The van der Waals surface area contributed by atoms with Crippen LogP contribution in [0, 0.1) is 0 Å². The largest absolute Gasteiger partial charge is 0.506 e. The van der Waals surface area contributed by atoms with Crippen molar-refractivity contribution in [2.45, 2.75) is 6.42 Å². The molecule has 0 atom stereocenters. The SMILES string of the molecule is O=C1C=C(C(=O)N=C2N=c3cccc(O)c3=N2)c2ccccc2C1. The van der Waals surface area contributed by atoms with Gasteiger partial charge in [-0.25, -0.2) is 9.98 Å². The number of nitrogens with zero attached hydrogens (tertiary/aromatic N) is 3. The number of phenolic OH excluding ortho intramolecular Hbond substituents is 1. The molecule has 1 N–H and O–H groups in total. The van der Waals surface area contributed by atoms with E-state index in [4.69, 9.17) is 0 Å². The number of rotatable bonds is 1.